The zero-order valence-corrected chi connectivity index (χ0v) is 31.6. The van der Waals surface area contributed by atoms with Crippen LogP contribution in [0.2, 0.25) is 0 Å². The molecule has 1 unspecified atom stereocenters. The number of amides is 2. The van der Waals surface area contributed by atoms with Crippen LogP contribution in [0.15, 0.2) is 36.5 Å². The van der Waals surface area contributed by atoms with Gasteiger partial charge < -0.3 is 16.4 Å². The van der Waals surface area contributed by atoms with Crippen molar-refractivity contribution >= 4 is 17.6 Å². The van der Waals surface area contributed by atoms with Gasteiger partial charge in [-0.25, -0.2) is 0 Å². The van der Waals surface area contributed by atoms with Gasteiger partial charge in [-0.05, 0) is 83.5 Å². The van der Waals surface area contributed by atoms with Gasteiger partial charge in [0.25, 0.3) is 0 Å². The maximum absolute atomic E-state index is 12.9. The highest BCUT2D eigenvalue weighted by molar-refractivity contribution is 5.87. The lowest BCUT2D eigenvalue weighted by Crippen LogP contribution is -2.47. The molecule has 0 fully saturated rings. The maximum Gasteiger partial charge on any atom is 0.242 e. The predicted molar refractivity (Wildman–Crippen MR) is 210 cm³/mol. The summed E-state index contributed by atoms with van der Waals surface area (Å²) < 4.78 is 0. The largest absolute Gasteiger partial charge is 0.388 e. The molecule has 6 heteroatoms. The Kier molecular flexibility index (Phi) is 35.6. The molecule has 0 heterocycles. The third kappa shape index (κ3) is 35.0. The Hall–Kier alpha value is -2.37. The summed E-state index contributed by atoms with van der Waals surface area (Å²) in [5.41, 5.74) is 5.52. The Morgan fingerprint density at radius 3 is 1.54 bits per heavy atom. The number of nitrogens with two attached hydrogens (primary N) is 1. The second kappa shape index (κ2) is 37.4. The standard InChI is InChI=1S/C42H78N4O2/c1-3-5-7-9-11-13-15-17-19-21-23-25-27-29-31-33-38-45-42(48)39(35-34-36-40(43)44)46-41(47)37-32-30-28-26-24-22-20-18-16-14-12-10-8-6-4-2/h11,13,17-20,39H,3-10,12,14-16,21-38H2,1-2H3,(H3,43,44)(H,45,48)(H,46,47)/b13-11-,19-17-,20-18-. The number of carbonyl (C=O) groups is 2. The van der Waals surface area contributed by atoms with E-state index in [9.17, 15) is 9.59 Å². The van der Waals surface area contributed by atoms with Crippen LogP contribution in [-0.2, 0) is 9.59 Å². The SMILES string of the molecule is CCCCC/C=C\C/C=C\CCCCCCCCNC(=O)C(CCCC(=N)N)NC(=O)CCCCCCC/C=C\CCCCCCCC. The van der Waals surface area contributed by atoms with Gasteiger partial charge in [0.05, 0.1) is 5.84 Å². The van der Waals surface area contributed by atoms with Crippen molar-refractivity contribution in [2.75, 3.05) is 6.54 Å². The van der Waals surface area contributed by atoms with Gasteiger partial charge in [-0.3, -0.25) is 15.0 Å². The topological polar surface area (TPSA) is 108 Å². The van der Waals surface area contributed by atoms with E-state index in [1.165, 1.54) is 109 Å². The number of unbranched alkanes of at least 4 members (excludes halogenated alkanes) is 20. The summed E-state index contributed by atoms with van der Waals surface area (Å²) in [6.45, 7) is 5.15. The predicted octanol–water partition coefficient (Wildman–Crippen LogP) is 11.5. The molecule has 6 nitrogen and oxygen atoms in total. The van der Waals surface area contributed by atoms with Crippen molar-refractivity contribution in [3.05, 3.63) is 36.5 Å². The van der Waals surface area contributed by atoms with Crippen molar-refractivity contribution < 1.29 is 9.59 Å². The molecule has 0 radical (unpaired) electrons. The fraction of sp³-hybridized carbons (Fsp3) is 0.786. The molecule has 1 atom stereocenters. The molecule has 0 aliphatic carbocycles. The van der Waals surface area contributed by atoms with Crippen molar-refractivity contribution in [2.24, 2.45) is 5.73 Å². The quantitative estimate of drug-likeness (QED) is 0.0230. The van der Waals surface area contributed by atoms with Crippen LogP contribution in [0.4, 0.5) is 0 Å². The third-order valence-corrected chi connectivity index (χ3v) is 8.93. The number of amidine groups is 1. The van der Waals surface area contributed by atoms with Crippen LogP contribution in [0.1, 0.15) is 200 Å². The molecule has 0 aliphatic heterocycles. The van der Waals surface area contributed by atoms with Crippen molar-refractivity contribution in [1.82, 2.24) is 10.6 Å². The second-order valence-electron chi connectivity index (χ2n) is 13.7. The van der Waals surface area contributed by atoms with Crippen LogP contribution in [0.25, 0.3) is 0 Å². The van der Waals surface area contributed by atoms with Crippen LogP contribution in [0.5, 0.6) is 0 Å². The Morgan fingerprint density at radius 1 is 0.562 bits per heavy atom. The van der Waals surface area contributed by atoms with Gasteiger partial charge in [-0.2, -0.15) is 0 Å². The minimum atomic E-state index is -0.551. The van der Waals surface area contributed by atoms with E-state index in [1.807, 2.05) is 0 Å². The maximum atomic E-state index is 12.9. The first-order chi connectivity index (χ1) is 23.5. The molecule has 2 amide bonds. The Bertz CT molecular complexity index is 835. The summed E-state index contributed by atoms with van der Waals surface area (Å²) in [5, 5.41) is 13.5. The van der Waals surface area contributed by atoms with Crippen LogP contribution < -0.4 is 16.4 Å². The monoisotopic (exact) mass is 671 g/mol. The first kappa shape index (κ1) is 45.6. The van der Waals surface area contributed by atoms with Crippen molar-refractivity contribution in [3.8, 4) is 0 Å². The van der Waals surface area contributed by atoms with E-state index in [1.54, 1.807) is 0 Å². The van der Waals surface area contributed by atoms with E-state index in [0.717, 1.165) is 51.4 Å². The summed E-state index contributed by atoms with van der Waals surface area (Å²) >= 11 is 0. The van der Waals surface area contributed by atoms with Crippen molar-refractivity contribution in [2.45, 2.75) is 206 Å². The summed E-state index contributed by atoms with van der Waals surface area (Å²) in [4.78, 5) is 25.5. The summed E-state index contributed by atoms with van der Waals surface area (Å²) in [5.74, 6) is -0.0431. The number of hydrogen-bond acceptors (Lipinski definition) is 3. The minimum Gasteiger partial charge on any atom is -0.388 e. The van der Waals surface area contributed by atoms with Gasteiger partial charge in [0.15, 0.2) is 0 Å². The molecule has 0 saturated heterocycles. The van der Waals surface area contributed by atoms with Crippen molar-refractivity contribution in [3.63, 3.8) is 0 Å². The molecule has 48 heavy (non-hydrogen) atoms. The van der Waals surface area contributed by atoms with E-state index in [-0.39, 0.29) is 17.6 Å². The molecule has 0 aromatic carbocycles. The molecule has 0 bridgehead atoms. The molecule has 0 spiro atoms. The summed E-state index contributed by atoms with van der Waals surface area (Å²) in [6.07, 6.45) is 46.2. The smallest absolute Gasteiger partial charge is 0.242 e. The van der Waals surface area contributed by atoms with E-state index in [2.05, 4.69) is 60.9 Å². The molecular weight excluding hydrogens is 592 g/mol. The van der Waals surface area contributed by atoms with Crippen LogP contribution in [0.3, 0.4) is 0 Å². The van der Waals surface area contributed by atoms with E-state index in [4.69, 9.17) is 11.1 Å². The number of hydrogen-bond donors (Lipinski definition) is 4. The molecule has 0 rings (SSSR count). The molecular formula is C42H78N4O2. The first-order valence-corrected chi connectivity index (χ1v) is 20.4. The van der Waals surface area contributed by atoms with Gasteiger partial charge >= 0.3 is 0 Å². The molecule has 0 aromatic rings. The van der Waals surface area contributed by atoms with Gasteiger partial charge in [0.1, 0.15) is 6.04 Å². The molecule has 0 saturated carbocycles. The number of carbonyl (C=O) groups excluding carboxylic acids is 2. The normalized spacial score (nSPS) is 12.4. The zero-order chi connectivity index (χ0) is 35.2. The van der Waals surface area contributed by atoms with Crippen molar-refractivity contribution in [1.29, 1.82) is 5.41 Å². The number of allylic oxidation sites excluding steroid dienone is 6. The van der Waals surface area contributed by atoms with E-state index >= 15 is 0 Å². The lowest BCUT2D eigenvalue weighted by atomic mass is 10.1. The average Bonchev–Trinajstić information content (AvgIpc) is 3.07. The van der Waals surface area contributed by atoms with Gasteiger partial charge in [0, 0.05) is 19.4 Å². The fourth-order valence-corrected chi connectivity index (χ4v) is 5.84. The summed E-state index contributed by atoms with van der Waals surface area (Å²) in [6, 6.07) is -0.551. The Labute approximate surface area is 297 Å². The highest BCUT2D eigenvalue weighted by atomic mass is 16.2. The fourth-order valence-electron chi connectivity index (χ4n) is 5.84. The number of rotatable bonds is 36. The Balaban J connectivity index is 3.98. The lowest BCUT2D eigenvalue weighted by molar-refractivity contribution is -0.129. The minimum absolute atomic E-state index is 0.0516. The molecule has 5 N–H and O–H groups in total. The highest BCUT2D eigenvalue weighted by Gasteiger charge is 2.20. The van der Waals surface area contributed by atoms with Crippen LogP contribution in [-0.4, -0.2) is 30.2 Å². The second-order valence-corrected chi connectivity index (χ2v) is 13.7. The van der Waals surface area contributed by atoms with Crippen LogP contribution in [0, 0.1) is 5.41 Å². The summed E-state index contributed by atoms with van der Waals surface area (Å²) in [7, 11) is 0. The first-order valence-electron chi connectivity index (χ1n) is 20.4. The highest BCUT2D eigenvalue weighted by Crippen LogP contribution is 2.11. The molecule has 0 aromatic heterocycles. The molecule has 0 aliphatic rings. The van der Waals surface area contributed by atoms with E-state index in [0.29, 0.717) is 32.2 Å². The van der Waals surface area contributed by atoms with Gasteiger partial charge in [-0.1, -0.05) is 140 Å². The molecule has 278 valence electrons. The zero-order valence-electron chi connectivity index (χ0n) is 31.6. The third-order valence-electron chi connectivity index (χ3n) is 8.93. The lowest BCUT2D eigenvalue weighted by Gasteiger charge is -2.18. The van der Waals surface area contributed by atoms with E-state index < -0.39 is 6.04 Å². The van der Waals surface area contributed by atoms with Gasteiger partial charge in [0.2, 0.25) is 11.8 Å². The Morgan fingerprint density at radius 2 is 1.00 bits per heavy atom. The van der Waals surface area contributed by atoms with Gasteiger partial charge in [-0.15, -0.1) is 0 Å². The average molecular weight is 671 g/mol. The number of nitrogens with one attached hydrogen (secondary N) is 3. The van der Waals surface area contributed by atoms with Crippen LogP contribution >= 0.6 is 0 Å².